The first-order valence-electron chi connectivity index (χ1n) is 10.9. The summed E-state index contributed by atoms with van der Waals surface area (Å²) < 4.78 is 26.7. The Balaban J connectivity index is 1.44. The highest BCUT2D eigenvalue weighted by Gasteiger charge is 2.32. The van der Waals surface area contributed by atoms with Crippen molar-refractivity contribution >= 4 is 23.1 Å². The number of Topliss-reactive ketones (excluding diaryl/α,β-unsaturated/α-hetero) is 1. The second-order valence-electron chi connectivity index (χ2n) is 8.01. The van der Waals surface area contributed by atoms with Crippen molar-refractivity contribution in [1.82, 2.24) is 14.8 Å². The van der Waals surface area contributed by atoms with Gasteiger partial charge >= 0.3 is 0 Å². The van der Waals surface area contributed by atoms with Crippen molar-refractivity contribution in [3.8, 4) is 17.3 Å². The molecule has 0 spiro atoms. The molecule has 0 unspecified atom stereocenters. The van der Waals surface area contributed by atoms with E-state index in [1.54, 1.807) is 36.4 Å². The van der Waals surface area contributed by atoms with E-state index in [1.165, 1.54) is 12.4 Å². The Morgan fingerprint density at radius 2 is 2.06 bits per heavy atom. The summed E-state index contributed by atoms with van der Waals surface area (Å²) in [6, 6.07) is 9.98. The van der Waals surface area contributed by atoms with E-state index in [0.29, 0.717) is 48.7 Å². The summed E-state index contributed by atoms with van der Waals surface area (Å²) in [7, 11) is 0. The lowest BCUT2D eigenvalue weighted by Gasteiger charge is -2.29. The van der Waals surface area contributed by atoms with Crippen LogP contribution in [0.15, 0.2) is 53.6 Å². The lowest BCUT2D eigenvalue weighted by molar-refractivity contribution is -0.0234. The number of carbonyl (C=O) groups is 1. The van der Waals surface area contributed by atoms with Crippen LogP contribution in [0.1, 0.15) is 36.5 Å². The Labute approximate surface area is 200 Å². The lowest BCUT2D eigenvalue weighted by Crippen LogP contribution is -2.40. The van der Waals surface area contributed by atoms with Gasteiger partial charge in [0.1, 0.15) is 10.8 Å². The third-order valence-corrected chi connectivity index (χ3v) is 5.84. The van der Waals surface area contributed by atoms with Crippen molar-refractivity contribution in [2.75, 3.05) is 25.1 Å². The molecule has 1 fully saturated rings. The van der Waals surface area contributed by atoms with Crippen LogP contribution in [0.2, 0.25) is 5.02 Å². The highest BCUT2D eigenvalue weighted by atomic mass is 35.5. The summed E-state index contributed by atoms with van der Waals surface area (Å²) in [4.78, 5) is 28.7. The first kappa shape index (κ1) is 23.8. The van der Waals surface area contributed by atoms with E-state index in [-0.39, 0.29) is 29.6 Å². The number of halogens is 2. The Hall–Kier alpha value is -3.30. The average Bonchev–Trinajstić information content (AvgIpc) is 2.86. The molecule has 0 aliphatic carbocycles. The Kier molecular flexibility index (Phi) is 7.23. The summed E-state index contributed by atoms with van der Waals surface area (Å²) in [5, 5.41) is 6.91. The minimum absolute atomic E-state index is 0.00319. The van der Waals surface area contributed by atoms with Crippen LogP contribution in [-0.4, -0.2) is 46.0 Å². The molecule has 1 aliphatic rings. The van der Waals surface area contributed by atoms with Crippen molar-refractivity contribution in [3.63, 3.8) is 0 Å². The molecule has 4 rings (SSSR count). The quantitative estimate of drug-likeness (QED) is 0.465. The number of nitrogens with zero attached hydrogens (tertiary/aromatic N) is 3. The van der Waals surface area contributed by atoms with Crippen LogP contribution in [0.25, 0.3) is 5.69 Å². The van der Waals surface area contributed by atoms with Gasteiger partial charge in [0.25, 0.3) is 5.56 Å². The second kappa shape index (κ2) is 10.3. The molecule has 2 aromatic heterocycles. The minimum Gasteiger partial charge on any atom is -0.439 e. The van der Waals surface area contributed by atoms with E-state index in [1.807, 2.05) is 6.92 Å². The molecule has 3 aromatic rings. The summed E-state index contributed by atoms with van der Waals surface area (Å²) in [6.07, 6.45) is 4.26. The normalized spacial score (nSPS) is 17.9. The van der Waals surface area contributed by atoms with Gasteiger partial charge in [-0.3, -0.25) is 9.59 Å². The molecule has 1 saturated heterocycles. The predicted molar refractivity (Wildman–Crippen MR) is 126 cm³/mol. The van der Waals surface area contributed by atoms with Crippen LogP contribution in [0.3, 0.4) is 0 Å². The molecule has 34 heavy (non-hydrogen) atoms. The zero-order chi connectivity index (χ0) is 24.1. The van der Waals surface area contributed by atoms with Crippen LogP contribution < -0.4 is 15.6 Å². The fourth-order valence-electron chi connectivity index (χ4n) is 3.54. The molecule has 3 heterocycles. The number of anilines is 1. The van der Waals surface area contributed by atoms with Gasteiger partial charge in [-0.05, 0) is 43.2 Å². The van der Waals surface area contributed by atoms with E-state index in [0.717, 1.165) is 4.68 Å². The van der Waals surface area contributed by atoms with E-state index in [2.05, 4.69) is 15.4 Å². The monoisotopic (exact) mass is 486 g/mol. The number of carbonyl (C=O) groups excluding carboxylic acids is 1. The Bertz CT molecular complexity index is 1210. The fourth-order valence-corrected chi connectivity index (χ4v) is 3.74. The highest BCUT2D eigenvalue weighted by Crippen LogP contribution is 2.26. The van der Waals surface area contributed by atoms with Gasteiger partial charge in [-0.25, -0.2) is 9.37 Å². The number of benzene rings is 1. The van der Waals surface area contributed by atoms with Crippen LogP contribution in [0, 0.1) is 0 Å². The standard InChI is InChI=1S/C24H24ClFN4O4/c1-2-20(31)16-4-7-18(8-5-16)34-21-9-6-17(12-27-21)30-23(32)22(25)19(13-29-30)28-14-24(26)10-3-11-33-15-24/h4-9,12-13,28H,2-3,10-11,14-15H2,1H3/t24-/m0/s1. The van der Waals surface area contributed by atoms with Gasteiger partial charge in [0.05, 0.1) is 36.9 Å². The van der Waals surface area contributed by atoms with Crippen molar-refractivity contribution in [2.45, 2.75) is 31.9 Å². The van der Waals surface area contributed by atoms with Crippen molar-refractivity contribution < 1.29 is 18.7 Å². The largest absolute Gasteiger partial charge is 0.439 e. The van der Waals surface area contributed by atoms with Crippen LogP contribution in [0.5, 0.6) is 11.6 Å². The summed E-state index contributed by atoms with van der Waals surface area (Å²) in [5.74, 6) is 0.883. The third kappa shape index (κ3) is 5.43. The van der Waals surface area contributed by atoms with E-state index >= 15 is 0 Å². The molecule has 10 heteroatoms. The molecule has 1 N–H and O–H groups in total. The number of aromatic nitrogens is 3. The maximum Gasteiger partial charge on any atom is 0.292 e. The molecular weight excluding hydrogens is 463 g/mol. The zero-order valence-electron chi connectivity index (χ0n) is 18.6. The smallest absolute Gasteiger partial charge is 0.292 e. The molecule has 178 valence electrons. The zero-order valence-corrected chi connectivity index (χ0v) is 19.3. The van der Waals surface area contributed by atoms with Crippen molar-refractivity contribution in [3.05, 3.63) is 69.7 Å². The maximum atomic E-state index is 14.7. The molecule has 8 nitrogen and oxygen atoms in total. The van der Waals surface area contributed by atoms with Gasteiger partial charge < -0.3 is 14.8 Å². The predicted octanol–water partition coefficient (Wildman–Crippen LogP) is 4.60. The van der Waals surface area contributed by atoms with Crippen LogP contribution in [0.4, 0.5) is 10.1 Å². The van der Waals surface area contributed by atoms with Gasteiger partial charge in [0.2, 0.25) is 5.88 Å². The van der Waals surface area contributed by atoms with Gasteiger partial charge in [-0.1, -0.05) is 18.5 Å². The summed E-state index contributed by atoms with van der Waals surface area (Å²) in [5.41, 5.74) is -0.818. The van der Waals surface area contributed by atoms with Crippen molar-refractivity contribution in [2.24, 2.45) is 0 Å². The number of pyridine rings is 1. The minimum atomic E-state index is -1.51. The number of ether oxygens (including phenoxy) is 2. The van der Waals surface area contributed by atoms with Crippen LogP contribution >= 0.6 is 11.6 Å². The van der Waals surface area contributed by atoms with Crippen molar-refractivity contribution in [1.29, 1.82) is 0 Å². The number of hydrogen-bond acceptors (Lipinski definition) is 7. The molecule has 1 aromatic carbocycles. The van der Waals surface area contributed by atoms with Gasteiger partial charge in [-0.2, -0.15) is 9.78 Å². The molecular formula is C24H24ClFN4O4. The third-order valence-electron chi connectivity index (χ3n) is 5.47. The van der Waals surface area contributed by atoms with E-state index in [9.17, 15) is 14.0 Å². The molecule has 0 saturated carbocycles. The maximum absolute atomic E-state index is 14.7. The number of rotatable bonds is 8. The first-order chi connectivity index (χ1) is 16.4. The molecule has 1 aliphatic heterocycles. The number of ketones is 1. The molecule has 0 radical (unpaired) electrons. The van der Waals surface area contributed by atoms with Crippen LogP contribution in [-0.2, 0) is 4.74 Å². The highest BCUT2D eigenvalue weighted by molar-refractivity contribution is 6.32. The second-order valence-corrected chi connectivity index (χ2v) is 8.39. The fraction of sp³-hybridized carbons (Fsp3) is 0.333. The number of hydrogen-bond donors (Lipinski definition) is 1. The Morgan fingerprint density at radius 3 is 2.71 bits per heavy atom. The number of alkyl halides is 1. The molecule has 0 bridgehead atoms. The summed E-state index contributed by atoms with van der Waals surface area (Å²) >= 11 is 6.24. The van der Waals surface area contributed by atoms with Gasteiger partial charge in [0.15, 0.2) is 11.5 Å². The summed E-state index contributed by atoms with van der Waals surface area (Å²) in [6.45, 7) is 2.33. The molecule has 1 atom stereocenters. The topological polar surface area (TPSA) is 95.3 Å². The number of nitrogens with one attached hydrogen (secondary N) is 1. The SMILES string of the molecule is CCC(=O)c1ccc(Oc2ccc(-n3ncc(NC[C@@]4(F)CCCOC4)c(Cl)c3=O)cn2)cc1. The average molecular weight is 487 g/mol. The lowest BCUT2D eigenvalue weighted by atomic mass is 9.99. The first-order valence-corrected chi connectivity index (χ1v) is 11.3. The molecule has 0 amide bonds. The van der Waals surface area contributed by atoms with Gasteiger partial charge in [-0.15, -0.1) is 0 Å². The Morgan fingerprint density at radius 1 is 1.26 bits per heavy atom. The van der Waals surface area contributed by atoms with E-state index in [4.69, 9.17) is 21.1 Å². The van der Waals surface area contributed by atoms with E-state index < -0.39 is 11.2 Å². The van der Waals surface area contributed by atoms with Gasteiger partial charge in [0, 0.05) is 24.7 Å².